The molecule has 18 heavy (non-hydrogen) atoms. The van der Waals surface area contributed by atoms with E-state index in [4.69, 9.17) is 15.3 Å². The fraction of sp³-hybridized carbons (Fsp3) is 0.700. The van der Waals surface area contributed by atoms with Crippen molar-refractivity contribution in [1.29, 1.82) is 0 Å². The third-order valence-electron chi connectivity index (χ3n) is 1.53. The van der Waals surface area contributed by atoms with Gasteiger partial charge in [0, 0.05) is 13.1 Å². The Hall–Kier alpha value is -1.15. The highest BCUT2D eigenvalue weighted by Gasteiger charge is 1.99. The number of nitrogens with zero attached hydrogens (tertiary/aromatic N) is 1. The molecule has 0 radical (unpaired) electrons. The first-order valence-corrected chi connectivity index (χ1v) is 6.10. The molecule has 108 valence electrons. The van der Waals surface area contributed by atoms with Crippen molar-refractivity contribution in [3.63, 3.8) is 0 Å². The molecule has 0 aliphatic rings. The maximum Gasteiger partial charge on any atom is 0.305 e. The van der Waals surface area contributed by atoms with Crippen molar-refractivity contribution in [3.05, 3.63) is 0 Å². The van der Waals surface area contributed by atoms with Gasteiger partial charge < -0.3 is 26.0 Å². The molecule has 0 aromatic rings. The smallest absolute Gasteiger partial charge is 0.305 e. The molecule has 0 aromatic carbocycles. The van der Waals surface area contributed by atoms with Crippen LogP contribution in [0.1, 0.15) is 27.7 Å². The Balaban J connectivity index is -0.000000200. The number of aliphatic carboxylic acids is 1. The second kappa shape index (κ2) is 13.9. The van der Waals surface area contributed by atoms with E-state index < -0.39 is 11.1 Å². The Morgan fingerprint density at radius 2 is 1.39 bits per heavy atom. The number of carboxylic acids is 1. The lowest BCUT2D eigenvalue weighted by Gasteiger charge is -2.15. The first-order valence-electron chi connectivity index (χ1n) is 5.29. The van der Waals surface area contributed by atoms with Crippen LogP contribution in [0, 0.1) is 5.92 Å². The van der Waals surface area contributed by atoms with Gasteiger partial charge in [-0.15, -0.1) is 0 Å². The maximum absolute atomic E-state index is 9.70. The van der Waals surface area contributed by atoms with Gasteiger partial charge in [-0.2, -0.15) is 0 Å². The van der Waals surface area contributed by atoms with Gasteiger partial charge in [-0.1, -0.05) is 13.8 Å². The van der Waals surface area contributed by atoms with Crippen LogP contribution in [0.2, 0.25) is 0 Å². The van der Waals surface area contributed by atoms with Crippen LogP contribution < -0.4 is 5.73 Å². The summed E-state index contributed by atoms with van der Waals surface area (Å²) in [5, 5.41) is 23.7. The monoisotopic (exact) mass is 298 g/mol. The highest BCUT2D eigenvalue weighted by molar-refractivity contribution is 7.80. The van der Waals surface area contributed by atoms with Gasteiger partial charge in [0.15, 0.2) is 0 Å². The predicted molar refractivity (Wildman–Crippen MR) is 80.0 cm³/mol. The van der Waals surface area contributed by atoms with Gasteiger partial charge in [0.2, 0.25) is 0 Å². The molecule has 5 N–H and O–H groups in total. The van der Waals surface area contributed by atoms with E-state index in [2.05, 4.69) is 30.2 Å². The van der Waals surface area contributed by atoms with Crippen LogP contribution in [-0.2, 0) is 4.79 Å². The van der Waals surface area contributed by atoms with Crippen molar-refractivity contribution in [1.82, 2.24) is 4.90 Å². The standard InChI is InChI=1S/C5H11NOS.C4H8O2.CH3NOS/c1-3-6(4-2)5(7)8;1-3(2)4(5)6;2-1(3)4/h3-4H2,1-2H3,(H,7,8);3H,1-2H3,(H,5,6);(H3,2,3,4). The van der Waals surface area contributed by atoms with Crippen LogP contribution in [0.3, 0.4) is 0 Å². The van der Waals surface area contributed by atoms with Crippen molar-refractivity contribution in [2.24, 2.45) is 11.7 Å². The van der Waals surface area contributed by atoms with Crippen LogP contribution in [0.4, 0.5) is 0 Å². The predicted octanol–water partition coefficient (Wildman–Crippen LogP) is 1.69. The normalized spacial score (nSPS) is 8.28. The molecule has 0 saturated heterocycles. The van der Waals surface area contributed by atoms with Gasteiger partial charge in [-0.3, -0.25) is 4.79 Å². The number of hydrogen-bond acceptors (Lipinski definition) is 3. The number of carbonyl (C=O) groups is 1. The molecule has 0 spiro atoms. The number of aliphatic hydroxyl groups excluding tert-OH is 2. The summed E-state index contributed by atoms with van der Waals surface area (Å²) in [5.74, 6) is -0.972. The first kappa shape index (κ1) is 22.1. The molecule has 0 aliphatic heterocycles. The molecule has 6 nitrogen and oxygen atoms in total. The van der Waals surface area contributed by atoms with Gasteiger partial charge in [0.1, 0.15) is 0 Å². The lowest BCUT2D eigenvalue weighted by Crippen LogP contribution is -2.28. The minimum atomic E-state index is -0.741. The lowest BCUT2D eigenvalue weighted by atomic mass is 10.2. The van der Waals surface area contributed by atoms with E-state index in [1.54, 1.807) is 18.7 Å². The van der Waals surface area contributed by atoms with Crippen molar-refractivity contribution < 1.29 is 20.1 Å². The van der Waals surface area contributed by atoms with Gasteiger partial charge in [-0.25, -0.2) is 0 Å². The van der Waals surface area contributed by atoms with E-state index in [-0.39, 0.29) is 11.1 Å². The third kappa shape index (κ3) is 24.2. The lowest BCUT2D eigenvalue weighted by molar-refractivity contribution is -0.140. The zero-order valence-electron chi connectivity index (χ0n) is 11.1. The maximum atomic E-state index is 9.70. The summed E-state index contributed by atoms with van der Waals surface area (Å²) in [6.07, 6.45) is 0. The molecule has 0 fully saturated rings. The van der Waals surface area contributed by atoms with Crippen molar-refractivity contribution >= 4 is 40.8 Å². The van der Waals surface area contributed by atoms with Gasteiger partial charge in [0.25, 0.3) is 10.3 Å². The number of hydrogen-bond donors (Lipinski definition) is 4. The molecule has 0 unspecified atom stereocenters. The second-order valence-electron chi connectivity index (χ2n) is 3.29. The van der Waals surface area contributed by atoms with Crippen LogP contribution in [0.5, 0.6) is 0 Å². The average molecular weight is 298 g/mol. The molecule has 0 saturated carbocycles. The highest BCUT2D eigenvalue weighted by atomic mass is 32.1. The molecule has 0 heterocycles. The van der Waals surface area contributed by atoms with Gasteiger partial charge >= 0.3 is 5.97 Å². The summed E-state index contributed by atoms with van der Waals surface area (Å²) in [7, 11) is 0. The number of rotatable bonds is 3. The molecule has 0 atom stereocenters. The van der Waals surface area contributed by atoms with E-state index >= 15 is 0 Å². The summed E-state index contributed by atoms with van der Waals surface area (Å²) in [5.41, 5.74) is 4.40. The van der Waals surface area contributed by atoms with Crippen LogP contribution in [-0.4, -0.2) is 49.6 Å². The molecule has 0 bridgehead atoms. The van der Waals surface area contributed by atoms with Gasteiger partial charge in [-0.05, 0) is 38.3 Å². The van der Waals surface area contributed by atoms with Crippen molar-refractivity contribution in [2.45, 2.75) is 27.7 Å². The highest BCUT2D eigenvalue weighted by Crippen LogP contribution is 1.87. The molecule has 8 heteroatoms. The summed E-state index contributed by atoms with van der Waals surface area (Å²) in [4.78, 5) is 11.4. The van der Waals surface area contributed by atoms with E-state index in [9.17, 15) is 4.79 Å². The summed E-state index contributed by atoms with van der Waals surface area (Å²) in [6.45, 7) is 8.75. The van der Waals surface area contributed by atoms with E-state index in [0.29, 0.717) is 0 Å². The second-order valence-corrected chi connectivity index (χ2v) is 4.07. The Morgan fingerprint density at radius 3 is 1.39 bits per heavy atom. The summed E-state index contributed by atoms with van der Waals surface area (Å²) >= 11 is 8.37. The fourth-order valence-corrected chi connectivity index (χ4v) is 0.752. The quantitative estimate of drug-likeness (QED) is 0.583. The summed E-state index contributed by atoms with van der Waals surface area (Å²) < 4.78 is 0. The molecule has 0 rings (SSSR count). The number of aliphatic hydroxyl groups is 2. The van der Waals surface area contributed by atoms with Crippen LogP contribution >= 0.6 is 24.4 Å². The van der Waals surface area contributed by atoms with Crippen LogP contribution in [0.15, 0.2) is 0 Å². The molecular formula is C10H22N2O4S2. The zero-order chi connectivity index (χ0) is 15.3. The Kier molecular flexibility index (Phi) is 17.1. The average Bonchev–Trinajstić information content (AvgIpc) is 2.18. The number of thiocarbonyl (C=S) groups is 2. The molecular weight excluding hydrogens is 276 g/mol. The van der Waals surface area contributed by atoms with Crippen molar-refractivity contribution in [2.75, 3.05) is 13.1 Å². The first-order chi connectivity index (χ1) is 8.09. The largest absolute Gasteiger partial charge is 0.487 e. The van der Waals surface area contributed by atoms with E-state index in [1.165, 1.54) is 0 Å². The fourth-order valence-electron chi connectivity index (χ4n) is 0.494. The Morgan fingerprint density at radius 1 is 1.17 bits per heavy atom. The Labute approximate surface area is 118 Å². The van der Waals surface area contributed by atoms with E-state index in [0.717, 1.165) is 13.1 Å². The SMILES string of the molecule is CC(C)C(=O)O.CCN(CC)C(O)=S.NC(O)=S. The number of carboxylic acid groups (broad SMARTS) is 1. The third-order valence-corrected chi connectivity index (χ3v) is 1.79. The molecule has 0 amide bonds. The zero-order valence-corrected chi connectivity index (χ0v) is 12.7. The molecule has 0 aliphatic carbocycles. The van der Waals surface area contributed by atoms with Crippen molar-refractivity contribution in [3.8, 4) is 0 Å². The molecule has 0 aromatic heterocycles. The minimum absolute atomic E-state index is 0.00463. The van der Waals surface area contributed by atoms with E-state index in [1.807, 2.05) is 13.8 Å². The topological polar surface area (TPSA) is 107 Å². The summed E-state index contributed by atoms with van der Waals surface area (Å²) in [6, 6.07) is 0. The van der Waals surface area contributed by atoms with Crippen LogP contribution in [0.25, 0.3) is 0 Å². The minimum Gasteiger partial charge on any atom is -0.487 e. The Bertz CT molecular complexity index is 252. The van der Waals surface area contributed by atoms with Gasteiger partial charge in [0.05, 0.1) is 5.92 Å². The number of nitrogens with two attached hydrogens (primary N) is 1.